The number of halogens is 2. The van der Waals surface area contributed by atoms with E-state index in [2.05, 4.69) is 5.43 Å². The monoisotopic (exact) mass is 376 g/mol. The predicted octanol–water partition coefficient (Wildman–Crippen LogP) is 3.95. The first-order valence-corrected chi connectivity index (χ1v) is 8.28. The smallest absolute Gasteiger partial charge is 0.238 e. The Hall–Kier alpha value is -2.73. The summed E-state index contributed by atoms with van der Waals surface area (Å²) in [5, 5.41) is 1.60. The molecule has 1 N–H and O–H groups in total. The van der Waals surface area contributed by atoms with Gasteiger partial charge in [0.25, 0.3) is 0 Å². The molecule has 136 valence electrons. The van der Waals surface area contributed by atoms with E-state index in [1.165, 1.54) is 24.1 Å². The van der Waals surface area contributed by atoms with Crippen LogP contribution in [0.4, 0.5) is 4.39 Å². The Morgan fingerprint density at radius 1 is 1.19 bits per heavy atom. The molecule has 0 aliphatic carbocycles. The number of ether oxygens (including phenoxy) is 2. The fourth-order valence-corrected chi connectivity index (χ4v) is 3.19. The lowest BCUT2D eigenvalue weighted by atomic mass is 10.0. The number of hydrogen-bond donors (Lipinski definition) is 1. The number of methoxy groups -OCH3 is 2. The zero-order valence-corrected chi connectivity index (χ0v) is 15.3. The number of nitrogens with zero attached hydrogens (tertiary/aromatic N) is 1. The van der Waals surface area contributed by atoms with Crippen LogP contribution in [0.25, 0.3) is 5.70 Å². The standard InChI is InChI=1S/C19H18ClFN2O3/c1-11(24)23-16(19-13(20)5-4-6-14(19)21)10-15(22-23)12-7-8-17(25-2)18(9-12)26-3/h4-10,16,22H,1-3H3/t16-/m0/s1. The van der Waals surface area contributed by atoms with Crippen molar-refractivity contribution in [1.29, 1.82) is 0 Å². The topological polar surface area (TPSA) is 50.8 Å². The second-order valence-electron chi connectivity index (χ2n) is 5.73. The van der Waals surface area contributed by atoms with Crippen LogP contribution in [0, 0.1) is 5.82 Å². The maximum Gasteiger partial charge on any atom is 0.238 e. The molecule has 0 bridgehead atoms. The van der Waals surface area contributed by atoms with Crippen LogP contribution in [0.1, 0.15) is 24.1 Å². The van der Waals surface area contributed by atoms with Crippen LogP contribution in [-0.4, -0.2) is 25.1 Å². The number of carbonyl (C=O) groups is 1. The molecule has 0 aromatic heterocycles. The number of amides is 1. The van der Waals surface area contributed by atoms with Gasteiger partial charge in [-0.15, -0.1) is 0 Å². The zero-order valence-electron chi connectivity index (χ0n) is 14.5. The van der Waals surface area contributed by atoms with Crippen LogP contribution in [-0.2, 0) is 4.79 Å². The van der Waals surface area contributed by atoms with E-state index < -0.39 is 11.9 Å². The van der Waals surface area contributed by atoms with Gasteiger partial charge in [-0.05, 0) is 36.4 Å². The Morgan fingerprint density at radius 2 is 1.92 bits per heavy atom. The molecule has 2 aromatic rings. The summed E-state index contributed by atoms with van der Waals surface area (Å²) in [6.07, 6.45) is 1.76. The van der Waals surface area contributed by atoms with E-state index in [1.807, 2.05) is 6.07 Å². The second kappa shape index (κ2) is 7.25. The van der Waals surface area contributed by atoms with Crippen molar-refractivity contribution < 1.29 is 18.7 Å². The van der Waals surface area contributed by atoms with Crippen molar-refractivity contribution in [3.8, 4) is 11.5 Å². The summed E-state index contributed by atoms with van der Waals surface area (Å²) >= 11 is 6.19. The first-order chi connectivity index (χ1) is 12.5. The van der Waals surface area contributed by atoms with Crippen LogP contribution in [0.3, 0.4) is 0 Å². The van der Waals surface area contributed by atoms with Gasteiger partial charge < -0.3 is 9.47 Å². The number of rotatable bonds is 4. The molecule has 0 spiro atoms. The molecule has 1 heterocycles. The normalized spacial score (nSPS) is 16.1. The Kier molecular flexibility index (Phi) is 5.04. The van der Waals surface area contributed by atoms with Gasteiger partial charge in [0, 0.05) is 23.1 Å². The fourth-order valence-electron chi connectivity index (χ4n) is 2.91. The van der Waals surface area contributed by atoms with E-state index in [0.29, 0.717) is 17.2 Å². The molecule has 1 aliphatic rings. The summed E-state index contributed by atoms with van der Waals surface area (Å²) in [6.45, 7) is 1.40. The first kappa shape index (κ1) is 18.1. The van der Waals surface area contributed by atoms with Gasteiger partial charge in [-0.3, -0.25) is 10.2 Å². The summed E-state index contributed by atoms with van der Waals surface area (Å²) in [7, 11) is 3.10. The molecule has 5 nitrogen and oxygen atoms in total. The van der Waals surface area contributed by atoms with E-state index in [-0.39, 0.29) is 16.5 Å². The lowest BCUT2D eigenvalue weighted by Gasteiger charge is -2.25. The third-order valence-electron chi connectivity index (χ3n) is 4.17. The third kappa shape index (κ3) is 3.20. The van der Waals surface area contributed by atoms with Crippen LogP contribution in [0.5, 0.6) is 11.5 Å². The summed E-state index contributed by atoms with van der Waals surface area (Å²) in [4.78, 5) is 12.1. The van der Waals surface area contributed by atoms with Crippen molar-refractivity contribution >= 4 is 23.2 Å². The van der Waals surface area contributed by atoms with Gasteiger partial charge in [0.1, 0.15) is 11.9 Å². The van der Waals surface area contributed by atoms with Gasteiger partial charge in [0.2, 0.25) is 5.91 Å². The highest BCUT2D eigenvalue weighted by atomic mass is 35.5. The summed E-state index contributed by atoms with van der Waals surface area (Å²) in [5.74, 6) is 0.405. The Balaban J connectivity index is 2.06. The molecule has 1 amide bonds. The minimum Gasteiger partial charge on any atom is -0.493 e. The summed E-state index contributed by atoms with van der Waals surface area (Å²) in [6, 6.07) is 9.15. The number of benzene rings is 2. The van der Waals surface area contributed by atoms with E-state index in [1.54, 1.807) is 38.5 Å². The molecule has 0 saturated carbocycles. The average Bonchev–Trinajstić information content (AvgIpc) is 3.06. The molecule has 1 atom stereocenters. The molecule has 1 aliphatic heterocycles. The van der Waals surface area contributed by atoms with E-state index >= 15 is 0 Å². The Morgan fingerprint density at radius 3 is 2.54 bits per heavy atom. The van der Waals surface area contributed by atoms with Gasteiger partial charge in [0.05, 0.1) is 19.9 Å². The average molecular weight is 377 g/mol. The van der Waals surface area contributed by atoms with Gasteiger partial charge in [-0.25, -0.2) is 9.40 Å². The van der Waals surface area contributed by atoms with E-state index in [9.17, 15) is 9.18 Å². The van der Waals surface area contributed by atoms with Crippen molar-refractivity contribution in [2.24, 2.45) is 0 Å². The SMILES string of the molecule is COc1ccc(C2=C[C@@H](c3c(F)cccc3Cl)N(C(C)=O)N2)cc1OC. The van der Waals surface area contributed by atoms with E-state index in [4.69, 9.17) is 21.1 Å². The molecule has 0 radical (unpaired) electrons. The lowest BCUT2D eigenvalue weighted by Crippen LogP contribution is -2.38. The number of nitrogens with one attached hydrogen (secondary N) is 1. The largest absolute Gasteiger partial charge is 0.493 e. The molecule has 2 aromatic carbocycles. The summed E-state index contributed by atoms with van der Waals surface area (Å²) in [5.41, 5.74) is 4.68. The third-order valence-corrected chi connectivity index (χ3v) is 4.50. The van der Waals surface area contributed by atoms with Crippen LogP contribution in [0.2, 0.25) is 5.02 Å². The van der Waals surface area contributed by atoms with Crippen LogP contribution >= 0.6 is 11.6 Å². The van der Waals surface area contributed by atoms with Crippen LogP contribution in [0.15, 0.2) is 42.5 Å². The van der Waals surface area contributed by atoms with E-state index in [0.717, 1.165) is 5.56 Å². The highest BCUT2D eigenvalue weighted by Crippen LogP contribution is 2.38. The molecule has 7 heteroatoms. The minimum absolute atomic E-state index is 0.243. The molecule has 3 rings (SSSR count). The minimum atomic E-state index is -0.663. The maximum atomic E-state index is 14.4. The Labute approximate surface area is 155 Å². The number of hydrogen-bond acceptors (Lipinski definition) is 4. The van der Waals surface area contributed by atoms with Gasteiger partial charge >= 0.3 is 0 Å². The zero-order chi connectivity index (χ0) is 18.8. The van der Waals surface area contributed by atoms with Crippen molar-refractivity contribution in [3.63, 3.8) is 0 Å². The number of carbonyl (C=O) groups excluding carboxylic acids is 1. The predicted molar refractivity (Wildman–Crippen MR) is 97.3 cm³/mol. The fraction of sp³-hybridized carbons (Fsp3) is 0.211. The Bertz CT molecular complexity index is 865. The van der Waals surface area contributed by atoms with Gasteiger partial charge in [-0.1, -0.05) is 17.7 Å². The lowest BCUT2D eigenvalue weighted by molar-refractivity contribution is -0.132. The quantitative estimate of drug-likeness (QED) is 0.878. The second-order valence-corrected chi connectivity index (χ2v) is 6.14. The molecule has 0 fully saturated rings. The van der Waals surface area contributed by atoms with Crippen molar-refractivity contribution in [1.82, 2.24) is 10.4 Å². The highest BCUT2D eigenvalue weighted by molar-refractivity contribution is 6.31. The van der Waals surface area contributed by atoms with Crippen LogP contribution < -0.4 is 14.9 Å². The molecule has 0 saturated heterocycles. The molecular formula is C19H18ClFN2O3. The van der Waals surface area contributed by atoms with Gasteiger partial charge in [0.15, 0.2) is 11.5 Å². The molecule has 0 unspecified atom stereocenters. The molecule has 26 heavy (non-hydrogen) atoms. The number of hydrazine groups is 1. The van der Waals surface area contributed by atoms with Crippen molar-refractivity contribution in [3.05, 3.63) is 64.4 Å². The highest BCUT2D eigenvalue weighted by Gasteiger charge is 2.32. The molecular weight excluding hydrogens is 359 g/mol. The first-order valence-electron chi connectivity index (χ1n) is 7.90. The van der Waals surface area contributed by atoms with Crippen molar-refractivity contribution in [2.45, 2.75) is 13.0 Å². The van der Waals surface area contributed by atoms with Gasteiger partial charge in [-0.2, -0.15) is 0 Å². The van der Waals surface area contributed by atoms with Crippen molar-refractivity contribution in [2.75, 3.05) is 14.2 Å². The maximum absolute atomic E-state index is 14.4. The summed E-state index contributed by atoms with van der Waals surface area (Å²) < 4.78 is 24.9.